The van der Waals surface area contributed by atoms with Gasteiger partial charge < -0.3 is 9.80 Å². The number of nitrogens with zero attached hydrogens (tertiary/aromatic N) is 4. The molecule has 1 aromatic rings. The molecule has 0 atom stereocenters. The molecule has 2 rings (SSSR count). The number of aromatic nitrogens is 2. The fourth-order valence-corrected chi connectivity index (χ4v) is 2.63. The molecule has 0 aromatic carbocycles. The first-order valence-electron chi connectivity index (χ1n) is 6.64. The van der Waals surface area contributed by atoms with E-state index in [1.54, 1.807) is 18.1 Å². The second-order valence-electron chi connectivity index (χ2n) is 4.71. The molecule has 0 fully saturated rings. The third kappa shape index (κ3) is 2.66. The van der Waals surface area contributed by atoms with Gasteiger partial charge in [-0.1, -0.05) is 13.8 Å². The molecule has 0 bridgehead atoms. The Morgan fingerprint density at radius 1 is 1.42 bits per heavy atom. The molecule has 1 aromatic heterocycles. The maximum absolute atomic E-state index is 12.0. The number of amides is 1. The second-order valence-corrected chi connectivity index (χ2v) is 5.05. The van der Waals surface area contributed by atoms with E-state index in [4.69, 9.17) is 11.6 Å². The normalized spacial score (nSPS) is 15.7. The minimum Gasteiger partial charge on any atom is -0.351 e. The third-order valence-corrected chi connectivity index (χ3v) is 3.86. The van der Waals surface area contributed by atoms with Crippen molar-refractivity contribution in [2.45, 2.75) is 39.2 Å². The Hall–Kier alpha value is -1.36. The van der Waals surface area contributed by atoms with Gasteiger partial charge in [0.05, 0.1) is 6.20 Å². The smallest absolute Gasteiger partial charge is 0.228 e. The van der Waals surface area contributed by atoms with Crippen LogP contribution < -0.4 is 9.80 Å². The van der Waals surface area contributed by atoms with Crippen molar-refractivity contribution < 1.29 is 4.79 Å². The molecule has 0 saturated carbocycles. The third-order valence-electron chi connectivity index (χ3n) is 3.68. The Labute approximate surface area is 118 Å². The van der Waals surface area contributed by atoms with Crippen LogP contribution in [0.4, 0.5) is 11.5 Å². The molecule has 0 N–H and O–H groups in total. The van der Waals surface area contributed by atoms with E-state index in [1.165, 1.54) is 0 Å². The van der Waals surface area contributed by atoms with E-state index >= 15 is 0 Å². The van der Waals surface area contributed by atoms with Crippen LogP contribution in [-0.4, -0.2) is 35.5 Å². The van der Waals surface area contributed by atoms with E-state index < -0.39 is 0 Å². The average molecular weight is 283 g/mol. The van der Waals surface area contributed by atoms with Gasteiger partial charge in [-0.3, -0.25) is 4.79 Å². The van der Waals surface area contributed by atoms with Crippen LogP contribution in [0.3, 0.4) is 0 Å². The minimum atomic E-state index is 0.0839. The molecule has 0 aliphatic carbocycles. The quantitative estimate of drug-likeness (QED) is 0.799. The summed E-state index contributed by atoms with van der Waals surface area (Å²) >= 11 is 5.92. The van der Waals surface area contributed by atoms with Gasteiger partial charge in [-0.25, -0.2) is 4.98 Å². The lowest BCUT2D eigenvalue weighted by Gasteiger charge is -2.31. The van der Waals surface area contributed by atoms with Crippen LogP contribution in [0.15, 0.2) is 6.20 Å². The first-order chi connectivity index (χ1) is 9.08. The van der Waals surface area contributed by atoms with Gasteiger partial charge in [-0.05, 0) is 24.4 Å². The molecule has 0 radical (unpaired) electrons. The highest BCUT2D eigenvalue weighted by molar-refractivity contribution is 6.28. The molecule has 1 aliphatic rings. The monoisotopic (exact) mass is 282 g/mol. The predicted octanol–water partition coefficient (Wildman–Crippen LogP) is 2.49. The number of fused-ring (bicyclic) bond motifs is 1. The average Bonchev–Trinajstić information content (AvgIpc) is 2.52. The van der Waals surface area contributed by atoms with Gasteiger partial charge in [0.1, 0.15) is 5.69 Å². The van der Waals surface area contributed by atoms with Crippen molar-refractivity contribution in [1.82, 2.24) is 9.97 Å². The Balaban J connectivity index is 2.50. The lowest BCUT2D eigenvalue weighted by molar-refractivity contribution is -0.118. The van der Waals surface area contributed by atoms with Gasteiger partial charge in [0, 0.05) is 26.1 Å². The van der Waals surface area contributed by atoms with Crippen molar-refractivity contribution in [3.63, 3.8) is 0 Å². The van der Waals surface area contributed by atoms with Crippen LogP contribution in [0.5, 0.6) is 0 Å². The summed E-state index contributed by atoms with van der Waals surface area (Å²) in [6.45, 7) is 4.97. The van der Waals surface area contributed by atoms with E-state index in [1.807, 2.05) is 0 Å². The van der Waals surface area contributed by atoms with Gasteiger partial charge in [-0.15, -0.1) is 0 Å². The van der Waals surface area contributed by atoms with Gasteiger partial charge >= 0.3 is 0 Å². The fourth-order valence-electron chi connectivity index (χ4n) is 2.50. The standard InChI is InChI=1S/C13H19ClN4O/c1-4-9(5-2)18-7-6-11(19)17(3)10-8-15-13(14)16-12(10)18/h8-9H,4-7H2,1-3H3. The maximum Gasteiger partial charge on any atom is 0.228 e. The van der Waals surface area contributed by atoms with Crippen molar-refractivity contribution in [3.8, 4) is 0 Å². The van der Waals surface area contributed by atoms with Crippen LogP contribution in [0.2, 0.25) is 5.28 Å². The molecule has 1 aliphatic heterocycles. The molecular weight excluding hydrogens is 264 g/mol. The summed E-state index contributed by atoms with van der Waals surface area (Å²) in [4.78, 5) is 24.2. The van der Waals surface area contributed by atoms with Crippen molar-refractivity contribution in [2.24, 2.45) is 0 Å². The molecule has 6 heteroatoms. The Morgan fingerprint density at radius 3 is 2.74 bits per heavy atom. The molecule has 0 spiro atoms. The number of carbonyl (C=O) groups excluding carboxylic acids is 1. The number of hydrogen-bond donors (Lipinski definition) is 0. The summed E-state index contributed by atoms with van der Waals surface area (Å²) in [6, 6.07) is 0.365. The topological polar surface area (TPSA) is 49.3 Å². The highest BCUT2D eigenvalue weighted by atomic mass is 35.5. The lowest BCUT2D eigenvalue weighted by atomic mass is 10.1. The van der Waals surface area contributed by atoms with Crippen LogP contribution >= 0.6 is 11.6 Å². The molecule has 0 saturated heterocycles. The SMILES string of the molecule is CCC(CC)N1CCC(=O)N(C)c2cnc(Cl)nc21. The molecular formula is C13H19ClN4O. The van der Waals surface area contributed by atoms with Crippen LogP contribution in [0, 0.1) is 0 Å². The molecule has 0 unspecified atom stereocenters. The molecule has 19 heavy (non-hydrogen) atoms. The predicted molar refractivity (Wildman–Crippen MR) is 76.8 cm³/mol. The first kappa shape index (κ1) is 14.1. The lowest BCUT2D eigenvalue weighted by Crippen LogP contribution is -2.36. The summed E-state index contributed by atoms with van der Waals surface area (Å²) in [5.74, 6) is 0.850. The molecule has 1 amide bonds. The maximum atomic E-state index is 12.0. The van der Waals surface area contributed by atoms with Gasteiger partial charge in [0.15, 0.2) is 5.82 Å². The summed E-state index contributed by atoms with van der Waals surface area (Å²) in [7, 11) is 1.76. The molecule has 2 heterocycles. The highest BCUT2D eigenvalue weighted by Crippen LogP contribution is 2.32. The van der Waals surface area contributed by atoms with Gasteiger partial charge in [0.2, 0.25) is 11.2 Å². The van der Waals surface area contributed by atoms with E-state index in [0.717, 1.165) is 24.3 Å². The zero-order valence-electron chi connectivity index (χ0n) is 11.6. The van der Waals surface area contributed by atoms with Crippen molar-refractivity contribution in [2.75, 3.05) is 23.4 Å². The summed E-state index contributed by atoms with van der Waals surface area (Å²) in [6.07, 6.45) is 4.13. The van der Waals surface area contributed by atoms with Gasteiger partial charge in [-0.2, -0.15) is 4.98 Å². The number of hydrogen-bond acceptors (Lipinski definition) is 4. The van der Waals surface area contributed by atoms with Crippen molar-refractivity contribution in [1.29, 1.82) is 0 Å². The fraction of sp³-hybridized carbons (Fsp3) is 0.615. The summed E-state index contributed by atoms with van der Waals surface area (Å²) < 4.78 is 0. The number of anilines is 2. The number of halogens is 1. The zero-order chi connectivity index (χ0) is 14.0. The zero-order valence-corrected chi connectivity index (χ0v) is 12.3. The second kappa shape index (κ2) is 5.74. The molecule has 104 valence electrons. The van der Waals surface area contributed by atoms with Gasteiger partial charge in [0.25, 0.3) is 0 Å². The van der Waals surface area contributed by atoms with E-state index in [0.29, 0.717) is 19.0 Å². The minimum absolute atomic E-state index is 0.0839. The van der Waals surface area contributed by atoms with E-state index in [2.05, 4.69) is 28.7 Å². The van der Waals surface area contributed by atoms with Crippen LogP contribution in [0.25, 0.3) is 0 Å². The summed E-state index contributed by atoms with van der Waals surface area (Å²) in [5, 5.41) is 0.220. The largest absolute Gasteiger partial charge is 0.351 e. The Morgan fingerprint density at radius 2 is 2.11 bits per heavy atom. The van der Waals surface area contributed by atoms with Crippen molar-refractivity contribution >= 4 is 29.0 Å². The van der Waals surface area contributed by atoms with E-state index in [9.17, 15) is 4.79 Å². The highest BCUT2D eigenvalue weighted by Gasteiger charge is 2.28. The van der Waals surface area contributed by atoms with Crippen LogP contribution in [0.1, 0.15) is 33.1 Å². The van der Waals surface area contributed by atoms with Crippen LogP contribution in [-0.2, 0) is 4.79 Å². The van der Waals surface area contributed by atoms with E-state index in [-0.39, 0.29) is 11.2 Å². The summed E-state index contributed by atoms with van der Waals surface area (Å²) in [5.41, 5.74) is 0.735. The first-order valence-corrected chi connectivity index (χ1v) is 7.02. The number of rotatable bonds is 3. The Bertz CT molecular complexity index is 476. The number of carbonyl (C=O) groups is 1. The molecule has 5 nitrogen and oxygen atoms in total. The Kier molecular flexibility index (Phi) is 4.24. The van der Waals surface area contributed by atoms with Crippen molar-refractivity contribution in [3.05, 3.63) is 11.5 Å².